The standard InChI is InChI=1S/C14H21ClO2/c1-3-4-7-16-8-9-17-14-6-5-12(2)10-13(14)11-15/h5-6,10H,3-4,7-9,11H2,1-2H3. The summed E-state index contributed by atoms with van der Waals surface area (Å²) in [6.07, 6.45) is 2.27. The molecule has 0 aromatic heterocycles. The van der Waals surface area contributed by atoms with E-state index in [1.165, 1.54) is 5.56 Å². The average molecular weight is 257 g/mol. The second kappa shape index (κ2) is 8.37. The molecule has 3 heteroatoms. The Morgan fingerprint density at radius 2 is 2.00 bits per heavy atom. The zero-order chi connectivity index (χ0) is 12.5. The predicted molar refractivity (Wildman–Crippen MR) is 72.0 cm³/mol. The van der Waals surface area contributed by atoms with Crippen molar-refractivity contribution in [3.63, 3.8) is 0 Å². The van der Waals surface area contributed by atoms with E-state index in [1.54, 1.807) is 0 Å². The van der Waals surface area contributed by atoms with Crippen LogP contribution < -0.4 is 4.74 Å². The summed E-state index contributed by atoms with van der Waals surface area (Å²) in [7, 11) is 0. The SMILES string of the molecule is CCCCOCCOc1ccc(C)cc1CCl. The summed E-state index contributed by atoms with van der Waals surface area (Å²) in [5, 5.41) is 0. The molecule has 17 heavy (non-hydrogen) atoms. The lowest BCUT2D eigenvalue weighted by Gasteiger charge is -2.11. The van der Waals surface area contributed by atoms with Gasteiger partial charge in [0.25, 0.3) is 0 Å². The minimum Gasteiger partial charge on any atom is -0.491 e. The summed E-state index contributed by atoms with van der Waals surface area (Å²) in [5.74, 6) is 1.35. The molecule has 0 aliphatic heterocycles. The van der Waals surface area contributed by atoms with E-state index >= 15 is 0 Å². The molecule has 1 aromatic carbocycles. The van der Waals surface area contributed by atoms with Crippen molar-refractivity contribution in [3.8, 4) is 5.75 Å². The lowest BCUT2D eigenvalue weighted by atomic mass is 10.1. The lowest BCUT2D eigenvalue weighted by Crippen LogP contribution is -2.08. The van der Waals surface area contributed by atoms with Crippen LogP contribution in [0, 0.1) is 6.92 Å². The van der Waals surface area contributed by atoms with Crippen LogP contribution in [0.5, 0.6) is 5.75 Å². The van der Waals surface area contributed by atoms with Gasteiger partial charge in [0.05, 0.1) is 12.5 Å². The smallest absolute Gasteiger partial charge is 0.123 e. The highest BCUT2D eigenvalue weighted by Gasteiger charge is 2.02. The number of ether oxygens (including phenoxy) is 2. The summed E-state index contributed by atoms with van der Waals surface area (Å²) in [6, 6.07) is 6.06. The van der Waals surface area contributed by atoms with Gasteiger partial charge in [-0.1, -0.05) is 31.0 Å². The van der Waals surface area contributed by atoms with Crippen molar-refractivity contribution in [2.45, 2.75) is 32.6 Å². The van der Waals surface area contributed by atoms with Gasteiger partial charge in [-0.15, -0.1) is 11.6 Å². The summed E-state index contributed by atoms with van der Waals surface area (Å²) in [5.41, 5.74) is 2.24. The van der Waals surface area contributed by atoms with Crippen LogP contribution in [0.15, 0.2) is 18.2 Å². The monoisotopic (exact) mass is 256 g/mol. The fourth-order valence-electron chi connectivity index (χ4n) is 1.51. The third-order valence-electron chi connectivity index (χ3n) is 2.49. The topological polar surface area (TPSA) is 18.5 Å². The van der Waals surface area contributed by atoms with Crippen LogP contribution in [0.3, 0.4) is 0 Å². The molecule has 0 unspecified atom stereocenters. The van der Waals surface area contributed by atoms with Crippen LogP contribution in [0.4, 0.5) is 0 Å². The summed E-state index contributed by atoms with van der Waals surface area (Å²) < 4.78 is 11.1. The Morgan fingerprint density at radius 1 is 1.18 bits per heavy atom. The highest BCUT2D eigenvalue weighted by Crippen LogP contribution is 2.21. The molecule has 96 valence electrons. The maximum absolute atomic E-state index is 5.87. The van der Waals surface area contributed by atoms with Crippen LogP contribution in [0.25, 0.3) is 0 Å². The molecule has 0 radical (unpaired) electrons. The molecule has 0 N–H and O–H groups in total. The Kier molecular flexibility index (Phi) is 7.06. The molecule has 0 spiro atoms. The number of aryl methyl sites for hydroxylation is 1. The first-order chi connectivity index (χ1) is 8.27. The van der Waals surface area contributed by atoms with E-state index in [2.05, 4.69) is 13.0 Å². The van der Waals surface area contributed by atoms with Crippen molar-refractivity contribution < 1.29 is 9.47 Å². The van der Waals surface area contributed by atoms with E-state index in [-0.39, 0.29) is 0 Å². The first kappa shape index (κ1) is 14.3. The third kappa shape index (κ3) is 5.42. The van der Waals surface area contributed by atoms with Crippen LogP contribution in [-0.2, 0) is 10.6 Å². The predicted octanol–water partition coefficient (Wildman–Crippen LogP) is 3.93. The largest absolute Gasteiger partial charge is 0.491 e. The average Bonchev–Trinajstić information content (AvgIpc) is 2.35. The number of hydrogen-bond donors (Lipinski definition) is 0. The Balaban J connectivity index is 2.31. The molecule has 0 bridgehead atoms. The van der Waals surface area contributed by atoms with Crippen molar-refractivity contribution in [3.05, 3.63) is 29.3 Å². The maximum atomic E-state index is 5.87. The number of hydrogen-bond acceptors (Lipinski definition) is 2. The van der Waals surface area contributed by atoms with Crippen molar-refractivity contribution in [2.75, 3.05) is 19.8 Å². The highest BCUT2D eigenvalue weighted by molar-refractivity contribution is 6.17. The molecule has 0 heterocycles. The van der Waals surface area contributed by atoms with Gasteiger partial charge in [-0.05, 0) is 19.4 Å². The van der Waals surface area contributed by atoms with E-state index in [1.807, 2.05) is 19.1 Å². The van der Waals surface area contributed by atoms with E-state index in [0.717, 1.165) is 30.8 Å². The first-order valence-corrected chi connectivity index (χ1v) is 6.67. The van der Waals surface area contributed by atoms with E-state index in [9.17, 15) is 0 Å². The first-order valence-electron chi connectivity index (χ1n) is 6.14. The molecule has 0 saturated heterocycles. The lowest BCUT2D eigenvalue weighted by molar-refractivity contribution is 0.0978. The van der Waals surface area contributed by atoms with Crippen molar-refractivity contribution in [1.82, 2.24) is 0 Å². The second-order valence-corrected chi connectivity index (χ2v) is 4.33. The molecular formula is C14H21ClO2. The molecule has 0 aliphatic carbocycles. The molecule has 1 aromatic rings. The normalized spacial score (nSPS) is 10.5. The fraction of sp³-hybridized carbons (Fsp3) is 0.571. The Bertz CT molecular complexity index is 326. The molecule has 1 rings (SSSR count). The minimum atomic E-state index is 0.480. The summed E-state index contributed by atoms with van der Waals surface area (Å²) in [4.78, 5) is 0. The van der Waals surface area contributed by atoms with Gasteiger partial charge in [0, 0.05) is 12.2 Å². The van der Waals surface area contributed by atoms with Gasteiger partial charge in [0.15, 0.2) is 0 Å². The third-order valence-corrected chi connectivity index (χ3v) is 2.78. The maximum Gasteiger partial charge on any atom is 0.123 e. The molecular weight excluding hydrogens is 236 g/mol. The number of alkyl halides is 1. The Labute approximate surface area is 109 Å². The van der Waals surface area contributed by atoms with Crippen LogP contribution in [0.2, 0.25) is 0 Å². The van der Waals surface area contributed by atoms with Crippen molar-refractivity contribution in [1.29, 1.82) is 0 Å². The van der Waals surface area contributed by atoms with Gasteiger partial charge in [0.1, 0.15) is 12.4 Å². The molecule has 0 atom stereocenters. The van der Waals surface area contributed by atoms with Crippen molar-refractivity contribution in [2.24, 2.45) is 0 Å². The van der Waals surface area contributed by atoms with E-state index in [4.69, 9.17) is 21.1 Å². The van der Waals surface area contributed by atoms with Crippen molar-refractivity contribution >= 4 is 11.6 Å². The fourth-order valence-corrected chi connectivity index (χ4v) is 1.72. The molecule has 0 saturated carbocycles. The Morgan fingerprint density at radius 3 is 2.71 bits per heavy atom. The second-order valence-electron chi connectivity index (χ2n) is 4.06. The van der Waals surface area contributed by atoms with E-state index < -0.39 is 0 Å². The quantitative estimate of drug-likeness (QED) is 0.518. The van der Waals surface area contributed by atoms with Crippen LogP contribution in [-0.4, -0.2) is 19.8 Å². The Hall–Kier alpha value is -0.730. The highest BCUT2D eigenvalue weighted by atomic mass is 35.5. The van der Waals surface area contributed by atoms with Gasteiger partial charge in [-0.2, -0.15) is 0 Å². The number of benzene rings is 1. The van der Waals surface area contributed by atoms with Gasteiger partial charge < -0.3 is 9.47 Å². The number of rotatable bonds is 8. The minimum absolute atomic E-state index is 0.480. The van der Waals surface area contributed by atoms with Crippen LogP contribution >= 0.6 is 11.6 Å². The molecule has 0 fully saturated rings. The molecule has 0 aliphatic rings. The summed E-state index contributed by atoms with van der Waals surface area (Å²) >= 11 is 5.87. The van der Waals surface area contributed by atoms with Gasteiger partial charge in [-0.3, -0.25) is 0 Å². The number of halogens is 1. The number of unbranched alkanes of at least 4 members (excludes halogenated alkanes) is 1. The molecule has 0 amide bonds. The summed E-state index contributed by atoms with van der Waals surface area (Å²) in [6.45, 7) is 6.23. The van der Waals surface area contributed by atoms with Gasteiger partial charge >= 0.3 is 0 Å². The zero-order valence-electron chi connectivity index (χ0n) is 10.7. The van der Waals surface area contributed by atoms with Gasteiger partial charge in [0.2, 0.25) is 0 Å². The molecule has 2 nitrogen and oxygen atoms in total. The zero-order valence-corrected chi connectivity index (χ0v) is 11.4. The van der Waals surface area contributed by atoms with Crippen LogP contribution in [0.1, 0.15) is 30.9 Å². The van der Waals surface area contributed by atoms with E-state index in [0.29, 0.717) is 19.1 Å². The van der Waals surface area contributed by atoms with Gasteiger partial charge in [-0.25, -0.2) is 0 Å².